The SMILES string of the molecule is CCc1nnc(C)cc1C(=O)Nc1ccc(F)cc1C#N. The van der Waals surface area contributed by atoms with Gasteiger partial charge in [0.25, 0.3) is 5.91 Å². The molecule has 6 heteroatoms. The Bertz CT molecular complexity index is 737. The van der Waals surface area contributed by atoms with Crippen LogP contribution in [0.15, 0.2) is 24.3 Å². The second kappa shape index (κ2) is 6.09. The molecule has 0 radical (unpaired) electrons. The maximum atomic E-state index is 13.1. The number of hydrogen-bond donors (Lipinski definition) is 1. The summed E-state index contributed by atoms with van der Waals surface area (Å²) in [5.41, 5.74) is 1.93. The lowest BCUT2D eigenvalue weighted by Gasteiger charge is -2.09. The van der Waals surface area contributed by atoms with Crippen LogP contribution in [-0.2, 0) is 6.42 Å². The summed E-state index contributed by atoms with van der Waals surface area (Å²) >= 11 is 0. The number of hydrogen-bond acceptors (Lipinski definition) is 4. The molecule has 1 amide bonds. The number of carbonyl (C=O) groups excluding carboxylic acids is 1. The van der Waals surface area contributed by atoms with E-state index in [1.54, 1.807) is 13.0 Å². The molecule has 1 heterocycles. The van der Waals surface area contributed by atoms with Crippen molar-refractivity contribution in [2.45, 2.75) is 20.3 Å². The molecule has 1 aromatic heterocycles. The second-order valence-corrected chi connectivity index (χ2v) is 4.46. The standard InChI is InChI=1S/C15H13FN4O/c1-3-13-12(6-9(2)19-20-13)15(21)18-14-5-4-11(16)7-10(14)8-17/h4-7H,3H2,1-2H3,(H,18,21). The maximum Gasteiger partial charge on any atom is 0.257 e. The van der Waals surface area contributed by atoms with Crippen LogP contribution in [0.3, 0.4) is 0 Å². The third-order valence-corrected chi connectivity index (χ3v) is 2.92. The number of nitrogens with one attached hydrogen (secondary N) is 1. The molecule has 0 fully saturated rings. The highest BCUT2D eigenvalue weighted by Gasteiger charge is 2.15. The fourth-order valence-corrected chi connectivity index (χ4v) is 1.88. The van der Waals surface area contributed by atoms with Crippen LogP contribution >= 0.6 is 0 Å². The number of halogens is 1. The fourth-order valence-electron chi connectivity index (χ4n) is 1.88. The zero-order chi connectivity index (χ0) is 15.4. The van der Waals surface area contributed by atoms with Gasteiger partial charge in [0.15, 0.2) is 0 Å². The summed E-state index contributed by atoms with van der Waals surface area (Å²) in [4.78, 5) is 12.3. The summed E-state index contributed by atoms with van der Waals surface area (Å²) < 4.78 is 13.1. The molecule has 0 saturated carbocycles. The molecule has 0 aliphatic rings. The Morgan fingerprint density at radius 2 is 2.14 bits per heavy atom. The van der Waals surface area contributed by atoms with Gasteiger partial charge in [0.05, 0.1) is 28.2 Å². The van der Waals surface area contributed by atoms with E-state index < -0.39 is 11.7 Å². The van der Waals surface area contributed by atoms with Gasteiger partial charge in [-0.15, -0.1) is 0 Å². The molecule has 0 atom stereocenters. The molecule has 1 N–H and O–H groups in total. The number of aromatic nitrogens is 2. The van der Waals surface area contributed by atoms with Gasteiger partial charge in [0.1, 0.15) is 11.9 Å². The van der Waals surface area contributed by atoms with Crippen molar-refractivity contribution in [2.24, 2.45) is 0 Å². The Kier molecular flexibility index (Phi) is 4.24. The van der Waals surface area contributed by atoms with Crippen LogP contribution < -0.4 is 5.32 Å². The van der Waals surface area contributed by atoms with Crippen molar-refractivity contribution in [1.82, 2.24) is 10.2 Å². The predicted octanol–water partition coefficient (Wildman–Crippen LogP) is 2.61. The van der Waals surface area contributed by atoms with Crippen LogP contribution in [0.2, 0.25) is 0 Å². The summed E-state index contributed by atoms with van der Waals surface area (Å²) in [5, 5.41) is 19.5. The van der Waals surface area contributed by atoms with Crippen LogP contribution in [0.4, 0.5) is 10.1 Å². The van der Waals surface area contributed by atoms with Crippen molar-refractivity contribution < 1.29 is 9.18 Å². The summed E-state index contributed by atoms with van der Waals surface area (Å²) in [6.45, 7) is 3.61. The Morgan fingerprint density at radius 1 is 1.38 bits per heavy atom. The van der Waals surface area contributed by atoms with Crippen molar-refractivity contribution in [3.63, 3.8) is 0 Å². The molecule has 0 bridgehead atoms. The van der Waals surface area contributed by atoms with Gasteiger partial charge in [0.2, 0.25) is 0 Å². The summed E-state index contributed by atoms with van der Waals surface area (Å²) in [7, 11) is 0. The van der Waals surface area contributed by atoms with E-state index in [0.717, 1.165) is 6.07 Å². The van der Waals surface area contributed by atoms with E-state index >= 15 is 0 Å². The molecule has 106 valence electrons. The minimum Gasteiger partial charge on any atom is -0.321 e. The first-order chi connectivity index (χ1) is 10.0. The Morgan fingerprint density at radius 3 is 2.81 bits per heavy atom. The van der Waals surface area contributed by atoms with Gasteiger partial charge in [-0.25, -0.2) is 4.39 Å². The molecular formula is C15H13FN4O. The fraction of sp³-hybridized carbons (Fsp3) is 0.200. The predicted molar refractivity (Wildman–Crippen MR) is 75.2 cm³/mol. The number of nitrogens with zero attached hydrogens (tertiary/aromatic N) is 3. The van der Waals surface area contributed by atoms with Crippen LogP contribution in [0.5, 0.6) is 0 Å². The minimum absolute atomic E-state index is 0.0696. The molecule has 0 saturated heterocycles. The van der Waals surface area contributed by atoms with Crippen molar-refractivity contribution >= 4 is 11.6 Å². The number of rotatable bonds is 3. The van der Waals surface area contributed by atoms with Gasteiger partial charge >= 0.3 is 0 Å². The molecule has 1 aromatic carbocycles. The monoisotopic (exact) mass is 284 g/mol. The Balaban J connectivity index is 2.35. The largest absolute Gasteiger partial charge is 0.321 e. The van der Waals surface area contributed by atoms with Crippen molar-refractivity contribution in [3.8, 4) is 6.07 Å². The zero-order valence-electron chi connectivity index (χ0n) is 11.6. The maximum absolute atomic E-state index is 13.1. The number of amides is 1. The Hall–Kier alpha value is -2.81. The topological polar surface area (TPSA) is 78.7 Å². The van der Waals surface area contributed by atoms with E-state index in [4.69, 9.17) is 5.26 Å². The summed E-state index contributed by atoms with van der Waals surface area (Å²) in [5.74, 6) is -0.923. The van der Waals surface area contributed by atoms with Gasteiger partial charge in [-0.1, -0.05) is 6.92 Å². The summed E-state index contributed by atoms with van der Waals surface area (Å²) in [6.07, 6.45) is 0.560. The highest BCUT2D eigenvalue weighted by atomic mass is 19.1. The third-order valence-electron chi connectivity index (χ3n) is 2.92. The lowest BCUT2D eigenvalue weighted by atomic mass is 10.1. The smallest absolute Gasteiger partial charge is 0.257 e. The molecule has 21 heavy (non-hydrogen) atoms. The second-order valence-electron chi connectivity index (χ2n) is 4.46. The van der Waals surface area contributed by atoms with Crippen molar-refractivity contribution in [1.29, 1.82) is 5.26 Å². The minimum atomic E-state index is -0.528. The molecule has 5 nitrogen and oxygen atoms in total. The van der Waals surface area contributed by atoms with Crippen LogP contribution in [0, 0.1) is 24.1 Å². The van der Waals surface area contributed by atoms with Crippen LogP contribution in [0.25, 0.3) is 0 Å². The van der Waals surface area contributed by atoms with Crippen LogP contribution in [-0.4, -0.2) is 16.1 Å². The number of nitriles is 1. The molecule has 0 aliphatic heterocycles. The van der Waals surface area contributed by atoms with E-state index in [1.807, 2.05) is 13.0 Å². The average Bonchev–Trinajstić information content (AvgIpc) is 2.48. The van der Waals surface area contributed by atoms with E-state index in [1.165, 1.54) is 12.1 Å². The normalized spacial score (nSPS) is 10.0. The Labute approximate surface area is 121 Å². The highest BCUT2D eigenvalue weighted by molar-refractivity contribution is 6.05. The first-order valence-corrected chi connectivity index (χ1v) is 6.39. The molecule has 0 unspecified atom stereocenters. The van der Waals surface area contributed by atoms with Crippen molar-refractivity contribution in [2.75, 3.05) is 5.32 Å². The van der Waals surface area contributed by atoms with E-state index in [9.17, 15) is 9.18 Å². The zero-order valence-corrected chi connectivity index (χ0v) is 11.6. The molecule has 2 rings (SSSR count). The van der Waals surface area contributed by atoms with Gasteiger partial charge in [-0.2, -0.15) is 15.5 Å². The molecule has 2 aromatic rings. The first kappa shape index (κ1) is 14.6. The number of benzene rings is 1. The molecule has 0 spiro atoms. The number of aryl methyl sites for hydroxylation is 2. The van der Waals surface area contributed by atoms with Gasteiger partial charge in [-0.3, -0.25) is 4.79 Å². The lowest BCUT2D eigenvalue weighted by molar-refractivity contribution is 0.102. The third kappa shape index (κ3) is 3.20. The quantitative estimate of drug-likeness (QED) is 0.939. The van der Waals surface area contributed by atoms with Gasteiger partial charge < -0.3 is 5.32 Å². The number of carbonyl (C=O) groups is 1. The van der Waals surface area contributed by atoms with Gasteiger partial charge in [0, 0.05) is 0 Å². The average molecular weight is 284 g/mol. The molecule has 0 aliphatic carbocycles. The van der Waals surface area contributed by atoms with E-state index in [2.05, 4.69) is 15.5 Å². The summed E-state index contributed by atoms with van der Waals surface area (Å²) in [6, 6.07) is 7.11. The van der Waals surface area contributed by atoms with Crippen molar-refractivity contribution in [3.05, 3.63) is 52.6 Å². The van der Waals surface area contributed by atoms with E-state index in [0.29, 0.717) is 23.4 Å². The first-order valence-electron chi connectivity index (χ1n) is 6.39. The highest BCUT2D eigenvalue weighted by Crippen LogP contribution is 2.18. The van der Waals surface area contributed by atoms with Gasteiger partial charge in [-0.05, 0) is 37.6 Å². The van der Waals surface area contributed by atoms with E-state index in [-0.39, 0.29) is 11.3 Å². The molecular weight excluding hydrogens is 271 g/mol. The van der Waals surface area contributed by atoms with Crippen LogP contribution in [0.1, 0.15) is 34.2 Å². The number of anilines is 1. The lowest BCUT2D eigenvalue weighted by Crippen LogP contribution is -2.17.